The zero-order valence-corrected chi connectivity index (χ0v) is 23.2. The normalized spacial score (nSPS) is 11.2. The number of carbonyl (C=O) groups is 1. The molecule has 0 aliphatic rings. The third kappa shape index (κ3) is 7.45. The molecule has 0 aliphatic carbocycles. The molecule has 0 aliphatic heterocycles. The molecule has 0 fully saturated rings. The Labute approximate surface area is 230 Å². The van der Waals surface area contributed by atoms with E-state index < -0.39 is 15.9 Å². The second kappa shape index (κ2) is 12.7. The van der Waals surface area contributed by atoms with Crippen LogP contribution in [0.3, 0.4) is 0 Å². The van der Waals surface area contributed by atoms with Crippen molar-refractivity contribution in [2.75, 3.05) is 13.7 Å². The maximum atomic E-state index is 12.9. The lowest BCUT2D eigenvalue weighted by atomic mass is 10.1. The van der Waals surface area contributed by atoms with Gasteiger partial charge in [-0.05, 0) is 53.4 Å². The van der Waals surface area contributed by atoms with Crippen molar-refractivity contribution >= 4 is 31.9 Å². The van der Waals surface area contributed by atoms with Gasteiger partial charge in [-0.25, -0.2) is 13.1 Å². The molecule has 3 aromatic carbocycles. The summed E-state index contributed by atoms with van der Waals surface area (Å²) in [4.78, 5) is 12.6. The maximum Gasteiger partial charge on any atom is 0.267 e. The number of rotatable bonds is 12. The number of sulfonamides is 1. The second-order valence-corrected chi connectivity index (χ2v) is 11.1. The van der Waals surface area contributed by atoms with Gasteiger partial charge in [0.1, 0.15) is 16.4 Å². The van der Waals surface area contributed by atoms with Gasteiger partial charge in [0, 0.05) is 29.7 Å². The molecule has 10 heteroatoms. The first-order valence-electron chi connectivity index (χ1n) is 12.0. The summed E-state index contributed by atoms with van der Waals surface area (Å²) < 4.78 is 41.5. The number of hydrogen-bond acceptors (Lipinski definition) is 6. The van der Waals surface area contributed by atoms with Crippen LogP contribution in [0.4, 0.5) is 0 Å². The largest absolute Gasteiger partial charge is 0.495 e. The molecule has 0 saturated carbocycles. The number of nitrogens with one attached hydrogen (secondary N) is 1. The highest BCUT2D eigenvalue weighted by Gasteiger charge is 2.22. The van der Waals surface area contributed by atoms with E-state index in [-0.39, 0.29) is 17.1 Å². The third-order valence-corrected chi connectivity index (χ3v) is 7.70. The van der Waals surface area contributed by atoms with Gasteiger partial charge in [-0.3, -0.25) is 9.48 Å². The molecule has 0 spiro atoms. The van der Waals surface area contributed by atoms with Gasteiger partial charge in [0.2, 0.25) is 5.91 Å². The molecule has 8 nitrogen and oxygen atoms in total. The molecule has 4 aromatic rings. The fraction of sp³-hybridized carbons (Fsp3) is 0.214. The Morgan fingerprint density at radius 1 is 0.974 bits per heavy atom. The van der Waals surface area contributed by atoms with Crippen molar-refractivity contribution in [3.8, 4) is 11.5 Å². The number of methoxy groups -OCH3 is 1. The summed E-state index contributed by atoms with van der Waals surface area (Å²) in [5.74, 6) is 0.188. The number of ether oxygens (including phenoxy) is 2. The molecule has 1 aromatic heterocycles. The average molecular weight is 599 g/mol. The highest BCUT2D eigenvalue weighted by molar-refractivity contribution is 9.10. The number of halogens is 1. The lowest BCUT2D eigenvalue weighted by molar-refractivity contribution is -0.119. The Morgan fingerprint density at radius 3 is 2.53 bits per heavy atom. The molecule has 0 unspecified atom stereocenters. The summed E-state index contributed by atoms with van der Waals surface area (Å²) in [6.07, 6.45) is 4.61. The van der Waals surface area contributed by atoms with Crippen LogP contribution in [0.5, 0.6) is 11.5 Å². The van der Waals surface area contributed by atoms with Gasteiger partial charge >= 0.3 is 0 Å². The van der Waals surface area contributed by atoms with E-state index in [2.05, 4.69) is 25.8 Å². The zero-order chi connectivity index (χ0) is 27.0. The zero-order valence-electron chi connectivity index (χ0n) is 20.8. The molecular weight excluding hydrogens is 570 g/mol. The third-order valence-electron chi connectivity index (χ3n) is 5.81. The van der Waals surface area contributed by atoms with E-state index in [1.165, 1.54) is 19.2 Å². The van der Waals surface area contributed by atoms with E-state index >= 15 is 0 Å². The Hall–Kier alpha value is -3.63. The summed E-state index contributed by atoms with van der Waals surface area (Å²) in [6, 6.07) is 22.3. The number of hydrogen-bond donors (Lipinski definition) is 1. The Kier molecular flexibility index (Phi) is 9.19. The van der Waals surface area contributed by atoms with Gasteiger partial charge in [-0.1, -0.05) is 58.4 Å². The molecule has 0 atom stereocenters. The molecule has 1 heterocycles. The van der Waals surface area contributed by atoms with E-state index in [0.29, 0.717) is 29.8 Å². The van der Waals surface area contributed by atoms with Gasteiger partial charge in [0.15, 0.2) is 0 Å². The number of aromatic nitrogens is 2. The van der Waals surface area contributed by atoms with Crippen molar-refractivity contribution in [1.82, 2.24) is 14.5 Å². The van der Waals surface area contributed by atoms with Crippen molar-refractivity contribution in [3.05, 3.63) is 106 Å². The highest BCUT2D eigenvalue weighted by Crippen LogP contribution is 2.27. The number of amides is 1. The van der Waals surface area contributed by atoms with E-state index in [1.807, 2.05) is 65.5 Å². The van der Waals surface area contributed by atoms with Crippen molar-refractivity contribution < 1.29 is 22.7 Å². The maximum absolute atomic E-state index is 12.9. The van der Waals surface area contributed by atoms with E-state index in [4.69, 9.17) is 9.47 Å². The Bertz CT molecular complexity index is 1480. The van der Waals surface area contributed by atoms with E-state index in [9.17, 15) is 13.2 Å². The Morgan fingerprint density at radius 2 is 1.79 bits per heavy atom. The minimum absolute atomic E-state index is 0.0386. The van der Waals surface area contributed by atoms with Crippen molar-refractivity contribution in [3.63, 3.8) is 0 Å². The first kappa shape index (κ1) is 27.4. The monoisotopic (exact) mass is 597 g/mol. The van der Waals surface area contributed by atoms with Crippen molar-refractivity contribution in [2.45, 2.75) is 30.7 Å². The van der Waals surface area contributed by atoms with Crippen LogP contribution in [-0.4, -0.2) is 37.8 Å². The molecule has 38 heavy (non-hydrogen) atoms. The van der Waals surface area contributed by atoms with E-state index in [1.54, 1.807) is 12.3 Å². The number of aryl methyl sites for hydroxylation is 1. The Balaban J connectivity index is 1.45. The summed E-state index contributed by atoms with van der Waals surface area (Å²) in [5, 5.41) is 4.26. The predicted octanol–water partition coefficient (Wildman–Crippen LogP) is 4.76. The van der Waals surface area contributed by atoms with Gasteiger partial charge in [-0.2, -0.15) is 5.10 Å². The topological polar surface area (TPSA) is 99.5 Å². The number of carbonyl (C=O) groups excluding carboxylic acids is 1. The minimum Gasteiger partial charge on any atom is -0.495 e. The predicted molar refractivity (Wildman–Crippen MR) is 148 cm³/mol. The first-order valence-corrected chi connectivity index (χ1v) is 14.3. The molecular formula is C28H28BrN3O5S. The quantitative estimate of drug-likeness (QED) is 0.253. The summed E-state index contributed by atoms with van der Waals surface area (Å²) >= 11 is 3.26. The number of benzene rings is 3. The summed E-state index contributed by atoms with van der Waals surface area (Å²) in [5.41, 5.74) is 2.98. The fourth-order valence-corrected chi connectivity index (χ4v) is 5.63. The number of nitrogens with zero attached hydrogens (tertiary/aromatic N) is 2. The smallest absolute Gasteiger partial charge is 0.267 e. The lowest BCUT2D eigenvalue weighted by Gasteiger charge is -2.14. The summed E-state index contributed by atoms with van der Waals surface area (Å²) in [6.45, 7) is 1.04. The SMILES string of the molecule is COc1ccc(Br)cc1S(=O)(=O)NC(=O)CCc1ccc(Cn2cccn2)cc1OCCc1ccccc1. The van der Waals surface area contributed by atoms with Crippen LogP contribution in [0, 0.1) is 0 Å². The van der Waals surface area contributed by atoms with Crippen molar-refractivity contribution in [2.24, 2.45) is 0 Å². The average Bonchev–Trinajstić information content (AvgIpc) is 3.41. The van der Waals surface area contributed by atoms with Crippen LogP contribution in [0.1, 0.15) is 23.1 Å². The summed E-state index contributed by atoms with van der Waals surface area (Å²) in [7, 11) is -2.74. The van der Waals surface area contributed by atoms with Crippen LogP contribution < -0.4 is 14.2 Å². The van der Waals surface area contributed by atoms with Gasteiger partial charge in [0.05, 0.1) is 20.3 Å². The lowest BCUT2D eigenvalue weighted by Crippen LogP contribution is -2.31. The standard InChI is InChI=1S/C28H28BrN3O5S/c1-36-25-12-11-24(29)19-27(25)38(34,35)31-28(33)13-10-23-9-8-22(20-32-16-5-15-30-32)18-26(23)37-17-14-21-6-3-2-4-7-21/h2-9,11-12,15-16,18-19H,10,13-14,17,20H2,1H3,(H,31,33). The minimum atomic E-state index is -4.12. The van der Waals surface area contributed by atoms with Crippen LogP contribution in [-0.2, 0) is 34.2 Å². The first-order chi connectivity index (χ1) is 18.3. The van der Waals surface area contributed by atoms with Crippen LogP contribution in [0.2, 0.25) is 0 Å². The second-order valence-electron chi connectivity index (χ2n) is 8.55. The van der Waals surface area contributed by atoms with Gasteiger partial charge in [0.25, 0.3) is 10.0 Å². The van der Waals surface area contributed by atoms with Crippen molar-refractivity contribution in [1.29, 1.82) is 0 Å². The van der Waals surface area contributed by atoms with Crippen LogP contribution >= 0.6 is 15.9 Å². The molecule has 0 saturated heterocycles. The van der Waals surface area contributed by atoms with Crippen LogP contribution in [0.15, 0.2) is 94.6 Å². The van der Waals surface area contributed by atoms with Gasteiger partial charge in [-0.15, -0.1) is 0 Å². The molecule has 0 bridgehead atoms. The van der Waals surface area contributed by atoms with E-state index in [0.717, 1.165) is 23.1 Å². The molecule has 4 rings (SSSR count). The van der Waals surface area contributed by atoms with Gasteiger partial charge < -0.3 is 9.47 Å². The molecule has 198 valence electrons. The molecule has 1 amide bonds. The molecule has 0 radical (unpaired) electrons. The van der Waals surface area contributed by atoms with Crippen LogP contribution in [0.25, 0.3) is 0 Å². The molecule has 1 N–H and O–H groups in total. The highest BCUT2D eigenvalue weighted by atomic mass is 79.9. The fourth-order valence-electron chi connectivity index (χ4n) is 3.91.